The molecule has 6 heterocycles. The highest BCUT2D eigenvalue weighted by Crippen LogP contribution is 2.29. The number of amides is 6. The van der Waals surface area contributed by atoms with E-state index in [0.29, 0.717) is 77.9 Å². The molecule has 20 heteroatoms. The van der Waals surface area contributed by atoms with E-state index in [1.165, 1.54) is 6.07 Å². The van der Waals surface area contributed by atoms with E-state index in [0.717, 1.165) is 22.3 Å². The molecule has 0 aliphatic rings. The molecule has 0 radical (unpaired) electrons. The molecule has 0 saturated carbocycles. The van der Waals surface area contributed by atoms with Gasteiger partial charge in [0.25, 0.3) is 35.4 Å². The molecule has 111 heavy (non-hydrogen) atoms. The summed E-state index contributed by atoms with van der Waals surface area (Å²) in [5.41, 5.74) is 9.69. The van der Waals surface area contributed by atoms with Crippen LogP contribution in [-0.4, -0.2) is 106 Å². The van der Waals surface area contributed by atoms with Crippen molar-refractivity contribution in [3.8, 4) is 0 Å². The van der Waals surface area contributed by atoms with Gasteiger partial charge in [-0.2, -0.15) is 0 Å². The minimum absolute atomic E-state index is 0.0246. The fraction of sp³-hybridized carbons (Fsp3) is 0.132. The molecule has 0 bridgehead atoms. The number of nitrogens with zero attached hydrogens (tertiary/aromatic N) is 12. The van der Waals surface area contributed by atoms with E-state index in [9.17, 15) is 14.7 Å². The minimum atomic E-state index is -1.13. The lowest BCUT2D eigenvalue weighted by atomic mass is 10.0. The predicted octanol–water partition coefficient (Wildman–Crippen LogP) is 14.8. The Hall–Kier alpha value is -14.3. The first kappa shape index (κ1) is 75.0. The van der Waals surface area contributed by atoms with Crippen LogP contribution in [0.25, 0.3) is 0 Å². The van der Waals surface area contributed by atoms with Crippen molar-refractivity contribution in [2.24, 2.45) is 0 Å². The largest absolute Gasteiger partial charge is 0.478 e. The lowest BCUT2D eigenvalue weighted by molar-refractivity contribution is 0.0676. The number of aromatic nitrogens is 6. The van der Waals surface area contributed by atoms with Crippen molar-refractivity contribution >= 4 is 41.4 Å². The molecule has 7 aromatic carbocycles. The van der Waals surface area contributed by atoms with Crippen LogP contribution < -0.4 is 0 Å². The number of hydrogen-bond acceptors (Lipinski definition) is 13. The highest BCUT2D eigenvalue weighted by molar-refractivity contribution is 6.01. The standard InChI is InChI=1S/C91H78N12O8/c104-85(72-28-2-1-3-29-72)98(54-66-22-16-42-92-48-66)60-73-30-4-10-36-79(73)86(105)99(55-67-23-17-43-93-49-67)61-74-31-5-11-37-80(74)87(106)100(56-68-24-18-44-94-50-68)62-75-32-6-12-38-81(75)88(107)101(57-69-25-19-45-95-51-69)63-76-33-7-13-39-82(76)89(108)102(58-70-26-20-46-96-52-70)64-77-34-8-14-40-83(77)90(109)103(59-71-27-21-47-97-53-71)65-78-35-9-15-41-84(78)91(110)111/h1-53H,54-65H2,(H,110,111). The summed E-state index contributed by atoms with van der Waals surface area (Å²) < 4.78 is 0. The lowest BCUT2D eigenvalue weighted by Crippen LogP contribution is -2.36. The van der Waals surface area contributed by atoms with Crippen molar-refractivity contribution in [3.05, 3.63) is 429 Å². The summed E-state index contributed by atoms with van der Waals surface area (Å²) in [6, 6.07) is 73.4. The molecule has 0 atom stereocenters. The Labute approximate surface area is 643 Å². The van der Waals surface area contributed by atoms with Gasteiger partial charge in [0.1, 0.15) is 0 Å². The quantitative estimate of drug-likeness (QED) is 0.0425. The van der Waals surface area contributed by atoms with Gasteiger partial charge in [0.2, 0.25) is 0 Å². The molecule has 0 aliphatic heterocycles. The number of rotatable bonds is 31. The molecule has 6 aromatic heterocycles. The maximum absolute atomic E-state index is 16.0. The first-order valence-electron chi connectivity index (χ1n) is 36.2. The number of benzene rings is 7. The number of carboxylic acid groups (broad SMARTS) is 1. The highest BCUT2D eigenvalue weighted by atomic mass is 16.4. The fourth-order valence-electron chi connectivity index (χ4n) is 13.5. The van der Waals surface area contributed by atoms with Gasteiger partial charge in [0.15, 0.2) is 0 Å². The number of carboxylic acids is 1. The van der Waals surface area contributed by atoms with Gasteiger partial charge in [-0.15, -0.1) is 0 Å². The van der Waals surface area contributed by atoms with Crippen LogP contribution in [0.5, 0.6) is 0 Å². The van der Waals surface area contributed by atoms with E-state index >= 15 is 24.0 Å². The Kier molecular flexibility index (Phi) is 24.9. The monoisotopic (exact) mass is 1470 g/mol. The average Bonchev–Trinajstić information content (AvgIpc) is 0.805. The first-order valence-corrected chi connectivity index (χ1v) is 36.2. The fourth-order valence-corrected chi connectivity index (χ4v) is 13.5. The normalized spacial score (nSPS) is 10.9. The summed E-state index contributed by atoms with van der Waals surface area (Å²) in [6.07, 6.45) is 20.1. The number of carbonyl (C=O) groups excluding carboxylic acids is 6. The molecule has 550 valence electrons. The molecule has 0 unspecified atom stereocenters. The van der Waals surface area contributed by atoms with Crippen LogP contribution in [-0.2, 0) is 78.5 Å². The number of pyridine rings is 6. The molecule has 0 aliphatic carbocycles. The lowest BCUT2D eigenvalue weighted by Gasteiger charge is -2.29. The second-order valence-electron chi connectivity index (χ2n) is 26.7. The highest BCUT2D eigenvalue weighted by Gasteiger charge is 2.31. The third kappa shape index (κ3) is 19.5. The summed E-state index contributed by atoms with van der Waals surface area (Å²) in [4.78, 5) is 142. The van der Waals surface area contributed by atoms with Crippen molar-refractivity contribution < 1.29 is 38.7 Å². The van der Waals surface area contributed by atoms with Crippen molar-refractivity contribution in [2.45, 2.75) is 78.5 Å². The minimum Gasteiger partial charge on any atom is -0.478 e. The van der Waals surface area contributed by atoms with Crippen LogP contribution in [0.15, 0.2) is 323 Å². The van der Waals surface area contributed by atoms with Gasteiger partial charge < -0.3 is 34.5 Å². The zero-order valence-corrected chi connectivity index (χ0v) is 60.8. The van der Waals surface area contributed by atoms with E-state index < -0.39 is 23.7 Å². The maximum Gasteiger partial charge on any atom is 0.336 e. The molecular weight excluding hydrogens is 1390 g/mol. The molecule has 13 aromatic rings. The maximum atomic E-state index is 16.0. The van der Waals surface area contributed by atoms with Crippen LogP contribution in [0.4, 0.5) is 0 Å². The molecule has 13 rings (SSSR count). The third-order valence-electron chi connectivity index (χ3n) is 19.0. The summed E-state index contributed by atoms with van der Waals surface area (Å²) in [5, 5.41) is 10.2. The average molecular weight is 1470 g/mol. The van der Waals surface area contributed by atoms with Crippen LogP contribution in [0.2, 0.25) is 0 Å². The van der Waals surface area contributed by atoms with Gasteiger partial charge in [-0.25, -0.2) is 4.79 Å². The Morgan fingerprint density at radius 2 is 0.396 bits per heavy atom. The molecule has 0 fully saturated rings. The van der Waals surface area contributed by atoms with E-state index in [2.05, 4.69) is 29.9 Å². The van der Waals surface area contributed by atoms with Gasteiger partial charge in [0, 0.05) is 186 Å². The molecule has 0 saturated heterocycles. The number of aromatic carboxylic acids is 1. The Morgan fingerprint density at radius 1 is 0.207 bits per heavy atom. The summed E-state index contributed by atoms with van der Waals surface area (Å²) in [5.74, 6) is -3.28. The van der Waals surface area contributed by atoms with Gasteiger partial charge in [-0.05, 0) is 152 Å². The van der Waals surface area contributed by atoms with Crippen molar-refractivity contribution in [1.82, 2.24) is 59.3 Å². The van der Waals surface area contributed by atoms with Crippen LogP contribution in [0.3, 0.4) is 0 Å². The van der Waals surface area contributed by atoms with Gasteiger partial charge >= 0.3 is 5.97 Å². The SMILES string of the molecule is O=C(O)c1ccccc1CN(Cc1cccnc1)C(=O)c1ccccc1CN(Cc1cccnc1)C(=O)c1ccccc1CN(Cc1cccnc1)C(=O)c1ccccc1CN(Cc1cccnc1)C(=O)c1ccccc1CN(Cc1cccnc1)C(=O)c1ccccc1CN(Cc1cccnc1)C(=O)c1ccccc1. The Morgan fingerprint density at radius 3 is 0.604 bits per heavy atom. The van der Waals surface area contributed by atoms with Crippen LogP contribution in [0.1, 0.15) is 139 Å². The van der Waals surface area contributed by atoms with Crippen LogP contribution >= 0.6 is 0 Å². The van der Waals surface area contributed by atoms with Gasteiger partial charge in [-0.3, -0.25) is 58.7 Å². The van der Waals surface area contributed by atoms with E-state index in [1.54, 1.807) is 237 Å². The molecule has 0 spiro atoms. The topological polar surface area (TPSA) is 236 Å². The second-order valence-corrected chi connectivity index (χ2v) is 26.7. The molecule has 6 amide bonds. The zero-order valence-electron chi connectivity index (χ0n) is 60.8. The van der Waals surface area contributed by atoms with E-state index in [-0.39, 0.29) is 102 Å². The van der Waals surface area contributed by atoms with Crippen molar-refractivity contribution in [1.29, 1.82) is 0 Å². The Balaban J connectivity index is 0.806. The first-order chi connectivity index (χ1) is 54.4. The van der Waals surface area contributed by atoms with E-state index in [1.807, 2.05) is 109 Å². The van der Waals surface area contributed by atoms with E-state index in [4.69, 9.17) is 0 Å². The predicted molar refractivity (Wildman–Crippen MR) is 419 cm³/mol. The third-order valence-corrected chi connectivity index (χ3v) is 19.0. The Bertz CT molecular complexity index is 5370. The number of hydrogen-bond donors (Lipinski definition) is 1. The second kappa shape index (κ2) is 36.8. The summed E-state index contributed by atoms with van der Waals surface area (Å²) in [6.45, 7) is 0.473. The molecule has 1 N–H and O–H groups in total. The molecule has 20 nitrogen and oxygen atoms in total. The van der Waals surface area contributed by atoms with Crippen molar-refractivity contribution in [3.63, 3.8) is 0 Å². The summed E-state index contributed by atoms with van der Waals surface area (Å²) in [7, 11) is 0. The number of carbonyl (C=O) groups is 7. The molecular formula is C91H78N12O8. The van der Waals surface area contributed by atoms with Crippen LogP contribution in [0, 0.1) is 0 Å². The smallest absolute Gasteiger partial charge is 0.336 e. The van der Waals surface area contributed by atoms with Gasteiger partial charge in [-0.1, -0.05) is 164 Å². The van der Waals surface area contributed by atoms with Crippen molar-refractivity contribution in [2.75, 3.05) is 0 Å². The summed E-state index contributed by atoms with van der Waals surface area (Å²) >= 11 is 0. The van der Waals surface area contributed by atoms with Gasteiger partial charge in [0.05, 0.1) is 5.56 Å². The zero-order chi connectivity index (χ0) is 76.7.